The van der Waals surface area contributed by atoms with Gasteiger partial charge < -0.3 is 5.11 Å². The van der Waals surface area contributed by atoms with Gasteiger partial charge in [0.2, 0.25) is 0 Å². The summed E-state index contributed by atoms with van der Waals surface area (Å²) >= 11 is 5.83. The quantitative estimate of drug-likeness (QED) is 0.848. The molecule has 1 nitrogen and oxygen atoms in total. The summed E-state index contributed by atoms with van der Waals surface area (Å²) in [7, 11) is 0. The van der Waals surface area contributed by atoms with Gasteiger partial charge in [-0.1, -0.05) is 47.5 Å². The normalized spacial score (nSPS) is 12.5. The van der Waals surface area contributed by atoms with E-state index in [9.17, 15) is 5.11 Å². The molecule has 1 N–H and O–H groups in total. The van der Waals surface area contributed by atoms with Crippen LogP contribution in [0.1, 0.15) is 28.4 Å². The SMILES string of the molecule is Cc1ccc([C@@H](O)c2ccc(Cl)cc2)c(C)c1. The minimum Gasteiger partial charge on any atom is -0.384 e. The minimum absolute atomic E-state index is 0.590. The van der Waals surface area contributed by atoms with Gasteiger partial charge in [-0.2, -0.15) is 0 Å². The van der Waals surface area contributed by atoms with Crippen LogP contribution < -0.4 is 0 Å². The lowest BCUT2D eigenvalue weighted by Gasteiger charge is -2.14. The largest absolute Gasteiger partial charge is 0.384 e. The van der Waals surface area contributed by atoms with Gasteiger partial charge in [0, 0.05) is 5.02 Å². The van der Waals surface area contributed by atoms with E-state index >= 15 is 0 Å². The number of halogens is 1. The zero-order chi connectivity index (χ0) is 12.4. The Bertz CT molecular complexity index is 517. The summed E-state index contributed by atoms with van der Waals surface area (Å²) in [5.74, 6) is 0. The standard InChI is InChI=1S/C15H15ClO/c1-10-3-8-14(11(2)9-10)15(17)12-4-6-13(16)7-5-12/h3-9,15,17H,1-2H3/t15-/m0/s1. The lowest BCUT2D eigenvalue weighted by atomic mass is 9.96. The maximum atomic E-state index is 10.3. The molecule has 0 spiro atoms. The Morgan fingerprint density at radius 1 is 1.00 bits per heavy atom. The minimum atomic E-state index is -0.590. The fourth-order valence-corrected chi connectivity index (χ4v) is 2.08. The summed E-state index contributed by atoms with van der Waals surface area (Å²) in [5, 5.41) is 11.0. The fourth-order valence-electron chi connectivity index (χ4n) is 1.96. The molecule has 2 aromatic rings. The molecule has 0 aliphatic rings. The van der Waals surface area contributed by atoms with E-state index in [4.69, 9.17) is 11.6 Å². The topological polar surface area (TPSA) is 20.2 Å². The Kier molecular flexibility index (Phi) is 3.51. The van der Waals surface area contributed by atoms with E-state index < -0.39 is 6.10 Å². The lowest BCUT2D eigenvalue weighted by Crippen LogP contribution is -2.02. The van der Waals surface area contributed by atoms with Crippen LogP contribution in [0.15, 0.2) is 42.5 Å². The summed E-state index contributed by atoms with van der Waals surface area (Å²) in [4.78, 5) is 0. The molecule has 0 aliphatic heterocycles. The van der Waals surface area contributed by atoms with Crippen LogP contribution in [-0.4, -0.2) is 5.11 Å². The molecule has 0 saturated carbocycles. The molecule has 0 bridgehead atoms. The van der Waals surface area contributed by atoms with E-state index in [0.717, 1.165) is 16.7 Å². The molecule has 2 rings (SSSR count). The Labute approximate surface area is 107 Å². The highest BCUT2D eigenvalue weighted by Crippen LogP contribution is 2.26. The lowest BCUT2D eigenvalue weighted by molar-refractivity contribution is 0.219. The van der Waals surface area contributed by atoms with Crippen molar-refractivity contribution < 1.29 is 5.11 Å². The first-order valence-corrected chi connectivity index (χ1v) is 5.96. The third kappa shape index (κ3) is 2.68. The van der Waals surface area contributed by atoms with E-state index in [1.165, 1.54) is 5.56 Å². The van der Waals surface area contributed by atoms with Crippen LogP contribution in [-0.2, 0) is 0 Å². The summed E-state index contributed by atoms with van der Waals surface area (Å²) in [6.07, 6.45) is -0.590. The van der Waals surface area contributed by atoms with E-state index in [0.29, 0.717) is 5.02 Å². The molecular formula is C15H15ClO. The van der Waals surface area contributed by atoms with Gasteiger partial charge in [0.25, 0.3) is 0 Å². The monoisotopic (exact) mass is 246 g/mol. The molecule has 0 unspecified atom stereocenters. The van der Waals surface area contributed by atoms with Crippen LogP contribution in [0.5, 0.6) is 0 Å². The predicted molar refractivity (Wildman–Crippen MR) is 71.4 cm³/mol. The molecule has 0 saturated heterocycles. The number of aliphatic hydroxyl groups is 1. The molecule has 0 aromatic heterocycles. The van der Waals surface area contributed by atoms with Crippen molar-refractivity contribution in [2.45, 2.75) is 20.0 Å². The molecule has 2 heteroatoms. The van der Waals surface area contributed by atoms with Gasteiger partial charge in [0.05, 0.1) is 0 Å². The number of rotatable bonds is 2. The van der Waals surface area contributed by atoms with Gasteiger partial charge in [0.15, 0.2) is 0 Å². The summed E-state index contributed by atoms with van der Waals surface area (Å²) in [5.41, 5.74) is 4.11. The van der Waals surface area contributed by atoms with Crippen LogP contribution >= 0.6 is 11.6 Å². The Balaban J connectivity index is 2.36. The second-order valence-corrected chi connectivity index (χ2v) is 4.75. The zero-order valence-corrected chi connectivity index (χ0v) is 10.7. The molecule has 0 amide bonds. The van der Waals surface area contributed by atoms with Crippen molar-refractivity contribution in [1.29, 1.82) is 0 Å². The first-order valence-electron chi connectivity index (χ1n) is 5.58. The van der Waals surface area contributed by atoms with Crippen molar-refractivity contribution in [2.75, 3.05) is 0 Å². The molecule has 0 heterocycles. The summed E-state index contributed by atoms with van der Waals surface area (Å²) in [6.45, 7) is 4.06. The van der Waals surface area contributed by atoms with Crippen LogP contribution in [0.3, 0.4) is 0 Å². The first-order chi connectivity index (χ1) is 8.08. The molecule has 0 aliphatic carbocycles. The average Bonchev–Trinajstić information content (AvgIpc) is 2.29. The van der Waals surface area contributed by atoms with Crippen molar-refractivity contribution >= 4 is 11.6 Å². The third-order valence-corrected chi connectivity index (χ3v) is 3.16. The highest BCUT2D eigenvalue weighted by Gasteiger charge is 2.12. The molecule has 17 heavy (non-hydrogen) atoms. The average molecular weight is 247 g/mol. The molecule has 0 fully saturated rings. The smallest absolute Gasteiger partial charge is 0.104 e. The van der Waals surface area contributed by atoms with Gasteiger partial charge in [-0.15, -0.1) is 0 Å². The zero-order valence-electron chi connectivity index (χ0n) is 9.94. The van der Waals surface area contributed by atoms with Crippen molar-refractivity contribution in [3.8, 4) is 0 Å². The molecule has 1 atom stereocenters. The van der Waals surface area contributed by atoms with Crippen molar-refractivity contribution in [3.05, 3.63) is 69.7 Å². The van der Waals surface area contributed by atoms with Gasteiger partial charge in [-0.25, -0.2) is 0 Å². The van der Waals surface area contributed by atoms with Gasteiger partial charge in [-0.3, -0.25) is 0 Å². The van der Waals surface area contributed by atoms with E-state index in [2.05, 4.69) is 6.07 Å². The van der Waals surface area contributed by atoms with Crippen LogP contribution in [0, 0.1) is 13.8 Å². The second-order valence-electron chi connectivity index (χ2n) is 4.31. The second kappa shape index (κ2) is 4.91. The third-order valence-electron chi connectivity index (χ3n) is 2.91. The number of aryl methyl sites for hydroxylation is 2. The van der Waals surface area contributed by atoms with Crippen LogP contribution in [0.2, 0.25) is 5.02 Å². The van der Waals surface area contributed by atoms with Crippen molar-refractivity contribution in [2.24, 2.45) is 0 Å². The molecule has 88 valence electrons. The Hall–Kier alpha value is -1.31. The highest BCUT2D eigenvalue weighted by molar-refractivity contribution is 6.30. The number of hydrogen-bond acceptors (Lipinski definition) is 1. The number of benzene rings is 2. The van der Waals surface area contributed by atoms with Crippen LogP contribution in [0.25, 0.3) is 0 Å². The van der Waals surface area contributed by atoms with E-state index in [1.54, 1.807) is 12.1 Å². The summed E-state index contributed by atoms with van der Waals surface area (Å²) in [6, 6.07) is 13.4. The van der Waals surface area contributed by atoms with E-state index in [-0.39, 0.29) is 0 Å². The highest BCUT2D eigenvalue weighted by atomic mass is 35.5. The van der Waals surface area contributed by atoms with Gasteiger partial charge in [-0.05, 0) is 42.7 Å². The number of hydrogen-bond donors (Lipinski definition) is 1. The molecular weight excluding hydrogens is 232 g/mol. The Morgan fingerprint density at radius 3 is 2.24 bits per heavy atom. The van der Waals surface area contributed by atoms with Crippen molar-refractivity contribution in [1.82, 2.24) is 0 Å². The van der Waals surface area contributed by atoms with Gasteiger partial charge >= 0.3 is 0 Å². The predicted octanol–water partition coefficient (Wildman–Crippen LogP) is 4.04. The maximum Gasteiger partial charge on any atom is 0.104 e. The van der Waals surface area contributed by atoms with E-state index in [1.807, 2.05) is 38.1 Å². The Morgan fingerprint density at radius 2 is 1.65 bits per heavy atom. The summed E-state index contributed by atoms with van der Waals surface area (Å²) < 4.78 is 0. The molecule has 2 aromatic carbocycles. The fraction of sp³-hybridized carbons (Fsp3) is 0.200. The van der Waals surface area contributed by atoms with Crippen LogP contribution in [0.4, 0.5) is 0 Å². The van der Waals surface area contributed by atoms with Crippen molar-refractivity contribution in [3.63, 3.8) is 0 Å². The molecule has 0 radical (unpaired) electrons. The number of aliphatic hydroxyl groups excluding tert-OH is 1. The van der Waals surface area contributed by atoms with Gasteiger partial charge in [0.1, 0.15) is 6.10 Å². The first kappa shape index (κ1) is 12.2. The maximum absolute atomic E-state index is 10.3.